The lowest BCUT2D eigenvalue weighted by atomic mass is 9.90. The molecule has 18 heavy (non-hydrogen) atoms. The van der Waals surface area contributed by atoms with Crippen molar-refractivity contribution < 1.29 is 14.3 Å². The number of carbonyl (C=O) groups is 1. The van der Waals surface area contributed by atoms with Gasteiger partial charge in [0.2, 0.25) is 5.91 Å². The average Bonchev–Trinajstić information content (AvgIpc) is 2.58. The molecule has 2 heterocycles. The Morgan fingerprint density at radius 1 is 1.50 bits per heavy atom. The zero-order chi connectivity index (χ0) is 13.5. The van der Waals surface area contributed by atoms with Crippen LogP contribution in [0.15, 0.2) is 0 Å². The first-order valence-corrected chi connectivity index (χ1v) is 6.79. The standard InChI is InChI=1S/C12H18N2O3S/c1-12(2)8(6-13)14-10(15)7(11(14)18-12)5-9(16-3)17-4/h7-9,11H,5H2,1-4H3/t7-,8+,11-/m1/s1. The average molecular weight is 270 g/mol. The normalized spacial score (nSPS) is 33.2. The zero-order valence-corrected chi connectivity index (χ0v) is 11.9. The van der Waals surface area contributed by atoms with Crippen molar-refractivity contribution in [3.8, 4) is 6.07 Å². The molecule has 0 spiro atoms. The molecule has 2 saturated heterocycles. The van der Waals surface area contributed by atoms with Crippen LogP contribution in [0.25, 0.3) is 0 Å². The molecule has 0 aromatic carbocycles. The van der Waals surface area contributed by atoms with Crippen molar-refractivity contribution in [2.24, 2.45) is 5.92 Å². The molecule has 0 aliphatic carbocycles. The summed E-state index contributed by atoms with van der Waals surface area (Å²) >= 11 is 1.70. The number of nitrogens with zero attached hydrogens (tertiary/aromatic N) is 2. The number of methoxy groups -OCH3 is 2. The number of fused-ring (bicyclic) bond motifs is 1. The molecule has 2 rings (SSSR count). The molecule has 0 radical (unpaired) electrons. The minimum Gasteiger partial charge on any atom is -0.356 e. The summed E-state index contributed by atoms with van der Waals surface area (Å²) in [6.45, 7) is 4.02. The number of β-lactam (4-membered cyclic amide) rings is 1. The SMILES string of the molecule is COC(C[C@@H]1C(=O)N2[C@@H]1SC(C)(C)[C@@H]2C#N)OC. The zero-order valence-electron chi connectivity index (χ0n) is 11.0. The molecule has 0 bridgehead atoms. The molecule has 2 fully saturated rings. The van der Waals surface area contributed by atoms with Gasteiger partial charge in [-0.15, -0.1) is 11.8 Å². The second-order valence-corrected chi connectivity index (χ2v) is 6.90. The van der Waals surface area contributed by atoms with Gasteiger partial charge in [0.25, 0.3) is 0 Å². The smallest absolute Gasteiger partial charge is 0.230 e. The molecule has 6 heteroatoms. The fourth-order valence-corrected chi connectivity index (χ4v) is 4.25. The number of ether oxygens (including phenoxy) is 2. The van der Waals surface area contributed by atoms with Gasteiger partial charge < -0.3 is 14.4 Å². The molecule has 0 aromatic rings. The van der Waals surface area contributed by atoms with Gasteiger partial charge in [0.15, 0.2) is 6.29 Å². The van der Waals surface area contributed by atoms with Crippen molar-refractivity contribution >= 4 is 17.7 Å². The van der Waals surface area contributed by atoms with Crippen LogP contribution in [-0.2, 0) is 14.3 Å². The van der Waals surface area contributed by atoms with Crippen LogP contribution >= 0.6 is 11.8 Å². The number of thioether (sulfide) groups is 1. The predicted octanol–water partition coefficient (Wildman–Crippen LogP) is 1.20. The molecular weight excluding hydrogens is 252 g/mol. The first-order valence-electron chi connectivity index (χ1n) is 5.91. The van der Waals surface area contributed by atoms with E-state index in [9.17, 15) is 10.1 Å². The van der Waals surface area contributed by atoms with Crippen LogP contribution in [0.4, 0.5) is 0 Å². The lowest BCUT2D eigenvalue weighted by Crippen LogP contribution is -2.60. The Morgan fingerprint density at radius 3 is 2.61 bits per heavy atom. The predicted molar refractivity (Wildman–Crippen MR) is 67.6 cm³/mol. The molecule has 5 nitrogen and oxygen atoms in total. The Bertz CT molecular complexity index is 389. The van der Waals surface area contributed by atoms with Gasteiger partial charge in [-0.25, -0.2) is 0 Å². The Kier molecular flexibility index (Phi) is 3.58. The topological polar surface area (TPSA) is 62.6 Å². The van der Waals surface area contributed by atoms with E-state index >= 15 is 0 Å². The van der Waals surface area contributed by atoms with Crippen LogP contribution < -0.4 is 0 Å². The van der Waals surface area contributed by atoms with Crippen LogP contribution in [0.3, 0.4) is 0 Å². The summed E-state index contributed by atoms with van der Waals surface area (Å²) in [7, 11) is 3.14. The van der Waals surface area contributed by atoms with Gasteiger partial charge in [-0.05, 0) is 13.8 Å². The minimum atomic E-state index is -0.356. The van der Waals surface area contributed by atoms with Crippen molar-refractivity contribution in [2.75, 3.05) is 14.2 Å². The highest BCUT2D eigenvalue weighted by Crippen LogP contribution is 2.54. The summed E-state index contributed by atoms with van der Waals surface area (Å²) in [6.07, 6.45) is 0.194. The van der Waals surface area contributed by atoms with Crippen LogP contribution in [0.1, 0.15) is 20.3 Å². The Balaban J connectivity index is 2.09. The molecular formula is C12H18N2O3S. The van der Waals surface area contributed by atoms with E-state index in [-0.39, 0.29) is 34.3 Å². The van der Waals surface area contributed by atoms with E-state index in [1.165, 1.54) is 0 Å². The van der Waals surface area contributed by atoms with Crippen molar-refractivity contribution in [1.82, 2.24) is 4.90 Å². The molecule has 0 aromatic heterocycles. The monoisotopic (exact) mass is 270 g/mol. The van der Waals surface area contributed by atoms with Gasteiger partial charge in [-0.2, -0.15) is 5.26 Å². The molecule has 100 valence electrons. The van der Waals surface area contributed by atoms with E-state index in [0.717, 1.165) is 0 Å². The van der Waals surface area contributed by atoms with Crippen LogP contribution in [0.5, 0.6) is 0 Å². The summed E-state index contributed by atoms with van der Waals surface area (Å²) in [5.74, 6) is -0.0544. The van der Waals surface area contributed by atoms with E-state index < -0.39 is 0 Å². The number of rotatable bonds is 4. The molecule has 0 unspecified atom stereocenters. The molecule has 3 atom stereocenters. The van der Waals surface area contributed by atoms with Crippen molar-refractivity contribution in [2.45, 2.75) is 42.7 Å². The molecule has 1 amide bonds. The number of hydrogen-bond donors (Lipinski definition) is 0. The van der Waals surface area contributed by atoms with Crippen LogP contribution in [0.2, 0.25) is 0 Å². The minimum absolute atomic E-state index is 0.0451. The lowest BCUT2D eigenvalue weighted by Gasteiger charge is -2.43. The number of hydrogen-bond acceptors (Lipinski definition) is 5. The summed E-state index contributed by atoms with van der Waals surface area (Å²) in [4.78, 5) is 13.8. The fraction of sp³-hybridized carbons (Fsp3) is 0.833. The van der Waals surface area contributed by atoms with E-state index in [1.54, 1.807) is 30.9 Å². The third-order valence-electron chi connectivity index (χ3n) is 3.65. The van der Waals surface area contributed by atoms with Crippen molar-refractivity contribution in [3.05, 3.63) is 0 Å². The van der Waals surface area contributed by atoms with Crippen LogP contribution in [0, 0.1) is 17.2 Å². The first-order chi connectivity index (χ1) is 8.46. The largest absolute Gasteiger partial charge is 0.356 e. The fourth-order valence-electron chi connectivity index (χ4n) is 2.61. The Hall–Kier alpha value is -0.770. The van der Waals surface area contributed by atoms with Gasteiger partial charge in [-0.1, -0.05) is 0 Å². The van der Waals surface area contributed by atoms with Crippen LogP contribution in [-0.4, -0.2) is 47.5 Å². The van der Waals surface area contributed by atoms with Crippen molar-refractivity contribution in [3.63, 3.8) is 0 Å². The van der Waals surface area contributed by atoms with Crippen molar-refractivity contribution in [1.29, 1.82) is 5.26 Å². The summed E-state index contributed by atoms with van der Waals surface area (Å²) in [5.41, 5.74) is 0. The second-order valence-electron chi connectivity index (χ2n) is 5.13. The maximum Gasteiger partial charge on any atom is 0.230 e. The number of amides is 1. The van der Waals surface area contributed by atoms with E-state index in [4.69, 9.17) is 9.47 Å². The Morgan fingerprint density at radius 2 is 2.11 bits per heavy atom. The van der Waals surface area contributed by atoms with E-state index in [0.29, 0.717) is 6.42 Å². The van der Waals surface area contributed by atoms with Gasteiger partial charge in [-0.3, -0.25) is 4.79 Å². The maximum absolute atomic E-state index is 12.1. The molecule has 2 aliphatic heterocycles. The van der Waals surface area contributed by atoms with Gasteiger partial charge in [0.1, 0.15) is 6.04 Å². The second kappa shape index (κ2) is 4.72. The summed E-state index contributed by atoms with van der Waals surface area (Å²) in [6, 6.07) is 1.91. The highest BCUT2D eigenvalue weighted by molar-refractivity contribution is 8.01. The highest BCUT2D eigenvalue weighted by Gasteiger charge is 2.61. The van der Waals surface area contributed by atoms with Gasteiger partial charge >= 0.3 is 0 Å². The molecule has 0 saturated carbocycles. The maximum atomic E-state index is 12.1. The number of nitriles is 1. The highest BCUT2D eigenvalue weighted by atomic mass is 32.2. The first kappa shape index (κ1) is 13.7. The van der Waals surface area contributed by atoms with E-state index in [1.807, 2.05) is 13.8 Å². The van der Waals surface area contributed by atoms with Gasteiger partial charge in [0.05, 0.1) is 17.4 Å². The van der Waals surface area contributed by atoms with E-state index in [2.05, 4.69) is 6.07 Å². The number of carbonyl (C=O) groups excluding carboxylic acids is 1. The lowest BCUT2D eigenvalue weighted by molar-refractivity contribution is -0.164. The quantitative estimate of drug-likeness (QED) is 0.567. The third-order valence-corrected chi connectivity index (χ3v) is 5.27. The third kappa shape index (κ3) is 1.91. The Labute approximate surface area is 111 Å². The molecule has 2 aliphatic rings. The summed E-state index contributed by atoms with van der Waals surface area (Å²) in [5, 5.41) is 9.28. The molecule has 0 N–H and O–H groups in total. The van der Waals surface area contributed by atoms with Gasteiger partial charge in [0, 0.05) is 25.4 Å². The summed E-state index contributed by atoms with van der Waals surface area (Å²) < 4.78 is 10.1.